The summed E-state index contributed by atoms with van der Waals surface area (Å²) >= 11 is 0. The van der Waals surface area contributed by atoms with Crippen LogP contribution in [0.4, 0.5) is 0 Å². The minimum absolute atomic E-state index is 0.764. The van der Waals surface area contributed by atoms with Crippen molar-refractivity contribution in [3.05, 3.63) is 0 Å². The highest BCUT2D eigenvalue weighted by Crippen LogP contribution is 2.26. The van der Waals surface area contributed by atoms with E-state index < -0.39 is 0 Å². The van der Waals surface area contributed by atoms with E-state index in [0.717, 1.165) is 31.3 Å². The van der Waals surface area contributed by atoms with Crippen molar-refractivity contribution in [1.29, 1.82) is 0 Å². The molecule has 1 heteroatoms. The molecule has 0 amide bonds. The second-order valence-electron chi connectivity index (χ2n) is 5.12. The largest absolute Gasteiger partial charge is 0.314 e. The van der Waals surface area contributed by atoms with Crippen LogP contribution in [0, 0.1) is 18.3 Å². The van der Waals surface area contributed by atoms with E-state index in [1.54, 1.807) is 0 Å². The standard InChI is InChI=1S/C15H27N/c1-3-5-6-13-16-15-10-7-9-14(8-4-2)11-12-15/h1,14-16H,4-13H2,2H3. The van der Waals surface area contributed by atoms with E-state index in [4.69, 9.17) is 6.42 Å². The Kier molecular flexibility index (Phi) is 7.34. The molecule has 0 bridgehead atoms. The summed E-state index contributed by atoms with van der Waals surface area (Å²) in [5.41, 5.74) is 0. The van der Waals surface area contributed by atoms with Crippen LogP contribution in [0.15, 0.2) is 0 Å². The number of hydrogen-bond donors (Lipinski definition) is 1. The summed E-state index contributed by atoms with van der Waals surface area (Å²) in [4.78, 5) is 0. The summed E-state index contributed by atoms with van der Waals surface area (Å²) in [6, 6.07) is 0.764. The molecule has 0 aromatic heterocycles. The summed E-state index contributed by atoms with van der Waals surface area (Å²) in [6.45, 7) is 3.41. The van der Waals surface area contributed by atoms with Gasteiger partial charge in [-0.3, -0.25) is 0 Å². The van der Waals surface area contributed by atoms with Gasteiger partial charge in [-0.05, 0) is 38.1 Å². The van der Waals surface area contributed by atoms with Crippen LogP contribution in [-0.2, 0) is 0 Å². The summed E-state index contributed by atoms with van der Waals surface area (Å²) in [6.07, 6.45) is 17.1. The van der Waals surface area contributed by atoms with Gasteiger partial charge in [0.2, 0.25) is 0 Å². The molecule has 1 saturated carbocycles. The van der Waals surface area contributed by atoms with Crippen molar-refractivity contribution in [3.8, 4) is 12.3 Å². The minimum Gasteiger partial charge on any atom is -0.314 e. The summed E-state index contributed by atoms with van der Waals surface area (Å²) in [5.74, 6) is 3.70. The minimum atomic E-state index is 0.764. The fourth-order valence-corrected chi connectivity index (χ4v) is 2.78. The van der Waals surface area contributed by atoms with Crippen LogP contribution in [0.2, 0.25) is 0 Å². The van der Waals surface area contributed by atoms with E-state index in [-0.39, 0.29) is 0 Å². The molecule has 2 atom stereocenters. The third-order valence-electron chi connectivity index (χ3n) is 3.72. The van der Waals surface area contributed by atoms with Gasteiger partial charge in [-0.2, -0.15) is 0 Å². The lowest BCUT2D eigenvalue weighted by Crippen LogP contribution is -2.29. The third kappa shape index (κ3) is 5.56. The second-order valence-corrected chi connectivity index (χ2v) is 5.12. The molecule has 2 unspecified atom stereocenters. The molecule has 0 saturated heterocycles. The number of hydrogen-bond acceptors (Lipinski definition) is 1. The van der Waals surface area contributed by atoms with E-state index in [1.807, 2.05) is 0 Å². The van der Waals surface area contributed by atoms with Gasteiger partial charge in [-0.15, -0.1) is 12.3 Å². The number of nitrogens with one attached hydrogen (secondary N) is 1. The molecule has 0 spiro atoms. The Hall–Kier alpha value is -0.480. The maximum absolute atomic E-state index is 5.25. The fraction of sp³-hybridized carbons (Fsp3) is 0.867. The summed E-state index contributed by atoms with van der Waals surface area (Å²) < 4.78 is 0. The van der Waals surface area contributed by atoms with Crippen LogP contribution in [0.25, 0.3) is 0 Å². The Morgan fingerprint density at radius 1 is 1.25 bits per heavy atom. The zero-order valence-corrected chi connectivity index (χ0v) is 10.8. The maximum Gasteiger partial charge on any atom is 0.00981 e. The average molecular weight is 221 g/mol. The Bertz CT molecular complexity index is 204. The van der Waals surface area contributed by atoms with Gasteiger partial charge in [0.05, 0.1) is 0 Å². The molecule has 0 aliphatic heterocycles. The lowest BCUT2D eigenvalue weighted by Gasteiger charge is -2.16. The molecule has 1 aliphatic rings. The smallest absolute Gasteiger partial charge is 0.00981 e. The molecule has 1 nitrogen and oxygen atoms in total. The Morgan fingerprint density at radius 3 is 2.88 bits per heavy atom. The normalized spacial score (nSPS) is 26.0. The van der Waals surface area contributed by atoms with Gasteiger partial charge >= 0.3 is 0 Å². The van der Waals surface area contributed by atoms with Crippen molar-refractivity contribution < 1.29 is 0 Å². The first-order valence-electron chi connectivity index (χ1n) is 7.03. The predicted molar refractivity (Wildman–Crippen MR) is 71.3 cm³/mol. The van der Waals surface area contributed by atoms with Gasteiger partial charge in [0.25, 0.3) is 0 Å². The molecule has 92 valence electrons. The van der Waals surface area contributed by atoms with Crippen LogP contribution in [0.3, 0.4) is 0 Å². The molecule has 0 heterocycles. The van der Waals surface area contributed by atoms with Crippen LogP contribution in [0.1, 0.15) is 64.7 Å². The Morgan fingerprint density at radius 2 is 2.12 bits per heavy atom. The molecule has 1 fully saturated rings. The monoisotopic (exact) mass is 221 g/mol. The number of rotatable bonds is 6. The molecule has 1 aliphatic carbocycles. The van der Waals surface area contributed by atoms with E-state index >= 15 is 0 Å². The molecule has 1 rings (SSSR count). The highest BCUT2D eigenvalue weighted by atomic mass is 14.9. The predicted octanol–water partition coefficient (Wildman–Crippen LogP) is 3.74. The van der Waals surface area contributed by atoms with Crippen LogP contribution in [-0.4, -0.2) is 12.6 Å². The van der Waals surface area contributed by atoms with Crippen LogP contribution >= 0.6 is 0 Å². The molecular weight excluding hydrogens is 194 g/mol. The molecule has 16 heavy (non-hydrogen) atoms. The van der Waals surface area contributed by atoms with E-state index in [1.165, 1.54) is 44.9 Å². The van der Waals surface area contributed by atoms with Crippen molar-refractivity contribution in [2.24, 2.45) is 5.92 Å². The topological polar surface area (TPSA) is 12.0 Å². The molecule has 0 aromatic carbocycles. The molecular formula is C15H27N. The zero-order chi connectivity index (χ0) is 11.6. The van der Waals surface area contributed by atoms with Crippen molar-refractivity contribution in [1.82, 2.24) is 5.32 Å². The zero-order valence-electron chi connectivity index (χ0n) is 10.8. The first-order chi connectivity index (χ1) is 7.86. The maximum atomic E-state index is 5.25. The van der Waals surface area contributed by atoms with Gasteiger partial charge in [0, 0.05) is 12.5 Å². The van der Waals surface area contributed by atoms with Gasteiger partial charge in [0.1, 0.15) is 0 Å². The lowest BCUT2D eigenvalue weighted by molar-refractivity contribution is 0.409. The van der Waals surface area contributed by atoms with E-state index in [9.17, 15) is 0 Å². The van der Waals surface area contributed by atoms with Gasteiger partial charge in [-0.25, -0.2) is 0 Å². The highest BCUT2D eigenvalue weighted by Gasteiger charge is 2.17. The third-order valence-corrected chi connectivity index (χ3v) is 3.72. The first-order valence-corrected chi connectivity index (χ1v) is 7.03. The van der Waals surface area contributed by atoms with Crippen LogP contribution < -0.4 is 5.32 Å². The van der Waals surface area contributed by atoms with Gasteiger partial charge in [-0.1, -0.05) is 32.6 Å². The first kappa shape index (κ1) is 13.6. The van der Waals surface area contributed by atoms with Crippen LogP contribution in [0.5, 0.6) is 0 Å². The number of unbranched alkanes of at least 4 members (excludes halogenated alkanes) is 1. The molecule has 0 radical (unpaired) electrons. The van der Waals surface area contributed by atoms with Crippen molar-refractivity contribution in [2.75, 3.05) is 6.54 Å². The average Bonchev–Trinajstić information content (AvgIpc) is 2.51. The molecule has 1 N–H and O–H groups in total. The lowest BCUT2D eigenvalue weighted by atomic mass is 9.95. The van der Waals surface area contributed by atoms with Crippen molar-refractivity contribution >= 4 is 0 Å². The quantitative estimate of drug-likeness (QED) is 0.409. The van der Waals surface area contributed by atoms with Crippen molar-refractivity contribution in [3.63, 3.8) is 0 Å². The molecule has 0 aromatic rings. The van der Waals surface area contributed by atoms with Gasteiger partial charge < -0.3 is 5.32 Å². The Labute approximate surface area is 101 Å². The SMILES string of the molecule is C#CCCCNC1CCCC(CCC)CC1. The summed E-state index contributed by atoms with van der Waals surface area (Å²) in [7, 11) is 0. The highest BCUT2D eigenvalue weighted by molar-refractivity contribution is 4.83. The van der Waals surface area contributed by atoms with E-state index in [2.05, 4.69) is 18.2 Å². The second kappa shape index (κ2) is 8.65. The van der Waals surface area contributed by atoms with Gasteiger partial charge in [0.15, 0.2) is 0 Å². The summed E-state index contributed by atoms with van der Waals surface area (Å²) in [5, 5.41) is 3.66. The van der Waals surface area contributed by atoms with Crippen molar-refractivity contribution in [2.45, 2.75) is 70.8 Å². The Balaban J connectivity index is 2.12. The number of terminal acetylenes is 1. The van der Waals surface area contributed by atoms with E-state index in [0.29, 0.717) is 0 Å². The fourth-order valence-electron chi connectivity index (χ4n) is 2.78.